The lowest BCUT2D eigenvalue weighted by Crippen LogP contribution is -2.33. The largest absolute Gasteiger partial charge is 0.486 e. The number of fused-ring (bicyclic) bond motifs is 1. The Bertz CT molecular complexity index is 726. The molecule has 0 bridgehead atoms. The van der Waals surface area contributed by atoms with E-state index in [0.717, 1.165) is 18.5 Å². The van der Waals surface area contributed by atoms with Crippen molar-refractivity contribution in [2.24, 2.45) is 10.7 Å². The number of ether oxygens (including phenoxy) is 2. The molecule has 134 valence electrons. The summed E-state index contributed by atoms with van der Waals surface area (Å²) in [6.45, 7) is 2.21. The summed E-state index contributed by atoms with van der Waals surface area (Å²) in [5.74, 6) is 1.68. The van der Waals surface area contributed by atoms with E-state index in [1.54, 1.807) is 0 Å². The molecular weight excluding hydrogens is 453 g/mol. The molecule has 0 spiro atoms. The van der Waals surface area contributed by atoms with Gasteiger partial charge >= 0.3 is 0 Å². The van der Waals surface area contributed by atoms with Crippen molar-refractivity contribution in [1.82, 2.24) is 5.32 Å². The molecule has 1 aliphatic rings. The highest BCUT2D eigenvalue weighted by molar-refractivity contribution is 14.0. The minimum Gasteiger partial charge on any atom is -0.486 e. The molecule has 0 aromatic heterocycles. The quantitative estimate of drug-likeness (QED) is 0.397. The van der Waals surface area contributed by atoms with Crippen LogP contribution in [-0.2, 0) is 13.0 Å². The Balaban J connectivity index is 0.00000225. The molecule has 5 nitrogen and oxygen atoms in total. The van der Waals surface area contributed by atoms with Crippen molar-refractivity contribution in [2.45, 2.75) is 13.0 Å². The summed E-state index contributed by atoms with van der Waals surface area (Å²) in [6, 6.07) is 14.0. The van der Waals surface area contributed by atoms with E-state index < -0.39 is 0 Å². The van der Waals surface area contributed by atoms with Crippen LogP contribution < -0.4 is 20.5 Å². The molecule has 0 amide bonds. The smallest absolute Gasteiger partial charge is 0.188 e. The average molecular weight is 474 g/mol. The van der Waals surface area contributed by atoms with Gasteiger partial charge in [-0.05, 0) is 29.7 Å². The standard InChI is InChI=1S/C18H20ClN3O2.HI/c19-15-10-14(11-16-17(15)24-9-8-23-16)12-22-18(20)21-7-6-13-4-2-1-3-5-13;/h1-5,10-11H,6-9,12H2,(H3,20,21,22);1H. The summed E-state index contributed by atoms with van der Waals surface area (Å²) in [6.07, 6.45) is 0.896. The first-order valence-electron chi connectivity index (χ1n) is 7.88. The number of halogens is 2. The van der Waals surface area contributed by atoms with Crippen LogP contribution in [0.4, 0.5) is 0 Å². The fourth-order valence-electron chi connectivity index (χ4n) is 2.47. The number of nitrogens with zero attached hydrogens (tertiary/aromatic N) is 1. The first-order valence-corrected chi connectivity index (χ1v) is 8.26. The summed E-state index contributed by atoms with van der Waals surface area (Å²) in [7, 11) is 0. The first kappa shape index (κ1) is 19.7. The van der Waals surface area contributed by atoms with Gasteiger partial charge in [0, 0.05) is 6.54 Å². The molecule has 1 heterocycles. The van der Waals surface area contributed by atoms with E-state index >= 15 is 0 Å². The highest BCUT2D eigenvalue weighted by Crippen LogP contribution is 2.38. The van der Waals surface area contributed by atoms with Gasteiger partial charge in [-0.2, -0.15) is 0 Å². The normalized spacial score (nSPS) is 13.1. The van der Waals surface area contributed by atoms with Crippen LogP contribution in [0.1, 0.15) is 11.1 Å². The van der Waals surface area contributed by atoms with Gasteiger partial charge in [0.25, 0.3) is 0 Å². The van der Waals surface area contributed by atoms with E-state index in [1.165, 1.54) is 5.56 Å². The lowest BCUT2D eigenvalue weighted by molar-refractivity contribution is 0.171. The zero-order valence-corrected chi connectivity index (χ0v) is 16.8. The van der Waals surface area contributed by atoms with E-state index in [-0.39, 0.29) is 24.0 Å². The SMILES string of the molecule is I.NC(=NCc1cc(Cl)c2c(c1)OCCO2)NCCc1ccccc1. The summed E-state index contributed by atoms with van der Waals surface area (Å²) in [5.41, 5.74) is 8.10. The van der Waals surface area contributed by atoms with Crippen LogP contribution in [0.2, 0.25) is 5.02 Å². The Morgan fingerprint density at radius 1 is 1.12 bits per heavy atom. The Hall–Kier alpha value is -1.67. The number of aliphatic imine (C=N–C) groups is 1. The van der Waals surface area contributed by atoms with Gasteiger partial charge in [-0.3, -0.25) is 0 Å². The third kappa shape index (κ3) is 5.67. The number of hydrogen-bond acceptors (Lipinski definition) is 3. The van der Waals surface area contributed by atoms with Crippen molar-refractivity contribution in [3.8, 4) is 11.5 Å². The van der Waals surface area contributed by atoms with E-state index in [9.17, 15) is 0 Å². The summed E-state index contributed by atoms with van der Waals surface area (Å²) < 4.78 is 11.1. The third-order valence-electron chi connectivity index (χ3n) is 3.65. The number of nitrogens with one attached hydrogen (secondary N) is 1. The van der Waals surface area contributed by atoms with Gasteiger partial charge < -0.3 is 20.5 Å². The zero-order valence-electron chi connectivity index (χ0n) is 13.7. The summed E-state index contributed by atoms with van der Waals surface area (Å²) in [5, 5.41) is 3.65. The Kier molecular flexibility index (Phi) is 7.64. The van der Waals surface area contributed by atoms with Gasteiger partial charge in [0.1, 0.15) is 13.2 Å². The molecule has 0 radical (unpaired) electrons. The van der Waals surface area contributed by atoms with Gasteiger partial charge in [0.2, 0.25) is 0 Å². The predicted molar refractivity (Wildman–Crippen MR) is 111 cm³/mol. The summed E-state index contributed by atoms with van der Waals surface area (Å²) >= 11 is 6.21. The average Bonchev–Trinajstić information content (AvgIpc) is 2.61. The molecule has 1 aliphatic heterocycles. The molecule has 0 atom stereocenters. The van der Waals surface area contributed by atoms with Crippen molar-refractivity contribution in [1.29, 1.82) is 0 Å². The predicted octanol–water partition coefficient (Wildman–Crippen LogP) is 3.38. The van der Waals surface area contributed by atoms with Crippen LogP contribution in [-0.4, -0.2) is 25.7 Å². The van der Waals surface area contributed by atoms with E-state index in [2.05, 4.69) is 22.4 Å². The first-order chi connectivity index (χ1) is 11.7. The van der Waals surface area contributed by atoms with E-state index in [1.807, 2.05) is 30.3 Å². The van der Waals surface area contributed by atoms with Crippen molar-refractivity contribution in [3.63, 3.8) is 0 Å². The summed E-state index contributed by atoms with van der Waals surface area (Å²) in [4.78, 5) is 4.34. The maximum atomic E-state index is 6.21. The Morgan fingerprint density at radius 3 is 2.68 bits per heavy atom. The third-order valence-corrected chi connectivity index (χ3v) is 3.93. The topological polar surface area (TPSA) is 68.9 Å². The minimum absolute atomic E-state index is 0. The fraction of sp³-hybridized carbons (Fsp3) is 0.278. The van der Waals surface area contributed by atoms with Crippen LogP contribution in [0, 0.1) is 0 Å². The fourth-order valence-corrected chi connectivity index (χ4v) is 2.76. The van der Waals surface area contributed by atoms with Crippen molar-refractivity contribution >= 4 is 41.5 Å². The van der Waals surface area contributed by atoms with Gasteiger partial charge in [0.05, 0.1) is 11.6 Å². The number of hydrogen-bond donors (Lipinski definition) is 2. The molecular formula is C18H21ClIN3O2. The molecule has 2 aromatic carbocycles. The van der Waals surface area contributed by atoms with E-state index in [4.69, 9.17) is 26.8 Å². The van der Waals surface area contributed by atoms with Gasteiger partial charge in [-0.25, -0.2) is 4.99 Å². The number of guanidine groups is 1. The maximum Gasteiger partial charge on any atom is 0.188 e. The van der Waals surface area contributed by atoms with Crippen molar-refractivity contribution in [3.05, 3.63) is 58.6 Å². The second-order valence-corrected chi connectivity index (χ2v) is 5.87. The second-order valence-electron chi connectivity index (χ2n) is 5.47. The van der Waals surface area contributed by atoms with Crippen LogP contribution >= 0.6 is 35.6 Å². The molecule has 7 heteroatoms. The minimum atomic E-state index is 0. The number of rotatable bonds is 5. The van der Waals surface area contributed by atoms with Crippen LogP contribution in [0.3, 0.4) is 0 Å². The highest BCUT2D eigenvalue weighted by atomic mass is 127. The van der Waals surface area contributed by atoms with Crippen molar-refractivity contribution in [2.75, 3.05) is 19.8 Å². The maximum absolute atomic E-state index is 6.21. The molecule has 25 heavy (non-hydrogen) atoms. The molecule has 0 saturated carbocycles. The molecule has 2 aromatic rings. The Morgan fingerprint density at radius 2 is 1.88 bits per heavy atom. The molecule has 0 unspecified atom stereocenters. The van der Waals surface area contributed by atoms with Gasteiger partial charge in [0.15, 0.2) is 17.5 Å². The number of nitrogens with two attached hydrogens (primary N) is 1. The van der Waals surface area contributed by atoms with Crippen LogP contribution in [0.15, 0.2) is 47.5 Å². The number of benzene rings is 2. The molecule has 0 fully saturated rings. The van der Waals surface area contributed by atoms with Crippen LogP contribution in [0.25, 0.3) is 0 Å². The lowest BCUT2D eigenvalue weighted by atomic mass is 10.1. The molecule has 3 rings (SSSR count). The lowest BCUT2D eigenvalue weighted by Gasteiger charge is -2.20. The molecule has 3 N–H and O–H groups in total. The molecule has 0 saturated heterocycles. The van der Waals surface area contributed by atoms with Crippen LogP contribution in [0.5, 0.6) is 11.5 Å². The second kappa shape index (κ2) is 9.72. The van der Waals surface area contributed by atoms with Crippen molar-refractivity contribution < 1.29 is 9.47 Å². The van der Waals surface area contributed by atoms with Gasteiger partial charge in [-0.15, -0.1) is 24.0 Å². The molecule has 0 aliphatic carbocycles. The van der Waals surface area contributed by atoms with E-state index in [0.29, 0.717) is 42.2 Å². The zero-order chi connectivity index (χ0) is 16.8. The monoisotopic (exact) mass is 473 g/mol. The Labute approximate surface area is 169 Å². The highest BCUT2D eigenvalue weighted by Gasteiger charge is 2.16. The van der Waals surface area contributed by atoms with Gasteiger partial charge in [-0.1, -0.05) is 41.9 Å².